The molecule has 1 aliphatic carbocycles. The molecule has 0 spiro atoms. The second-order valence-electron chi connectivity index (χ2n) is 10.3. The van der Waals surface area contributed by atoms with Gasteiger partial charge < -0.3 is 14.0 Å². The lowest BCUT2D eigenvalue weighted by Crippen LogP contribution is -2.45. The lowest BCUT2D eigenvalue weighted by atomic mass is 9.85. The van der Waals surface area contributed by atoms with Gasteiger partial charge in [-0.25, -0.2) is 0 Å². The minimum Gasteiger partial charge on any atom is -0.489 e. The Morgan fingerprint density at radius 1 is 1.29 bits per heavy atom. The van der Waals surface area contributed by atoms with E-state index in [4.69, 9.17) is 9.16 Å². The van der Waals surface area contributed by atoms with Crippen molar-refractivity contribution in [2.45, 2.75) is 103 Å². The van der Waals surface area contributed by atoms with E-state index in [1.807, 2.05) is 0 Å². The summed E-state index contributed by atoms with van der Waals surface area (Å²) < 4.78 is 13.4. The Morgan fingerprint density at radius 2 is 2.00 bits per heavy atom. The molecule has 0 saturated heterocycles. The molecule has 4 heteroatoms. The fraction of sp³-hybridized carbons (Fsp3) is 0.708. The van der Waals surface area contributed by atoms with E-state index in [0.29, 0.717) is 24.4 Å². The van der Waals surface area contributed by atoms with Crippen molar-refractivity contribution in [2.75, 3.05) is 0 Å². The first kappa shape index (κ1) is 21.6. The summed E-state index contributed by atoms with van der Waals surface area (Å²) in [4.78, 5) is 11.3. The number of ketones is 1. The van der Waals surface area contributed by atoms with Gasteiger partial charge in [0.05, 0.1) is 6.10 Å². The monoisotopic (exact) mass is 402 g/mol. The number of hydrogen-bond donors (Lipinski definition) is 0. The van der Waals surface area contributed by atoms with Crippen LogP contribution in [0.15, 0.2) is 18.2 Å². The van der Waals surface area contributed by atoms with Crippen molar-refractivity contribution >= 4 is 14.1 Å². The van der Waals surface area contributed by atoms with Gasteiger partial charge in [0.2, 0.25) is 0 Å². The molecule has 1 fully saturated rings. The highest BCUT2D eigenvalue weighted by Gasteiger charge is 2.52. The van der Waals surface area contributed by atoms with Gasteiger partial charge in [-0.05, 0) is 49.4 Å². The molecule has 1 aliphatic heterocycles. The average molecular weight is 403 g/mol. The molecule has 1 aromatic rings. The predicted molar refractivity (Wildman–Crippen MR) is 118 cm³/mol. The number of para-hydroxylation sites is 1. The number of fused-ring (bicyclic) bond motifs is 3. The molecule has 28 heavy (non-hydrogen) atoms. The van der Waals surface area contributed by atoms with Crippen LogP contribution in [0, 0.1) is 5.92 Å². The Balaban J connectivity index is 1.79. The van der Waals surface area contributed by atoms with E-state index in [1.54, 1.807) is 6.92 Å². The highest BCUT2D eigenvalue weighted by atomic mass is 28.4. The minimum atomic E-state index is -1.79. The summed E-state index contributed by atoms with van der Waals surface area (Å²) in [7, 11) is -1.79. The van der Waals surface area contributed by atoms with Crippen LogP contribution >= 0.6 is 0 Å². The molecule has 4 atom stereocenters. The molecule has 2 aliphatic rings. The maximum Gasteiger partial charge on any atom is 0.192 e. The molecule has 0 N–H and O–H groups in total. The molecule has 0 amide bonds. The van der Waals surface area contributed by atoms with Gasteiger partial charge in [-0.15, -0.1) is 0 Å². The molecule has 1 aromatic carbocycles. The van der Waals surface area contributed by atoms with Crippen LogP contribution in [0.5, 0.6) is 5.75 Å². The number of aryl methyl sites for hydroxylation is 1. The first-order valence-electron chi connectivity index (χ1n) is 11.0. The summed E-state index contributed by atoms with van der Waals surface area (Å²) in [5.74, 6) is 2.34. The summed E-state index contributed by atoms with van der Waals surface area (Å²) >= 11 is 0. The Kier molecular flexibility index (Phi) is 6.12. The van der Waals surface area contributed by atoms with Gasteiger partial charge in [0.25, 0.3) is 0 Å². The topological polar surface area (TPSA) is 35.5 Å². The third-order valence-corrected chi connectivity index (χ3v) is 11.8. The second-order valence-corrected chi connectivity index (χ2v) is 15.1. The molecule has 3 rings (SSSR count). The number of ether oxygens (including phenoxy) is 1. The normalized spacial score (nSPS) is 26.7. The third kappa shape index (κ3) is 4.09. The zero-order chi connectivity index (χ0) is 20.7. The molecular formula is C24H38O3Si. The lowest BCUT2D eigenvalue weighted by molar-refractivity contribution is -0.117. The molecule has 3 nitrogen and oxygen atoms in total. The van der Waals surface area contributed by atoms with Gasteiger partial charge in [0, 0.05) is 24.3 Å². The number of rotatable bonds is 7. The summed E-state index contributed by atoms with van der Waals surface area (Å²) in [6.45, 7) is 15.6. The van der Waals surface area contributed by atoms with Crippen LogP contribution in [0.3, 0.4) is 0 Å². The molecule has 0 radical (unpaired) electrons. The molecule has 1 saturated carbocycles. The van der Waals surface area contributed by atoms with E-state index in [0.717, 1.165) is 31.4 Å². The van der Waals surface area contributed by atoms with E-state index in [9.17, 15) is 4.79 Å². The van der Waals surface area contributed by atoms with Crippen molar-refractivity contribution in [1.82, 2.24) is 0 Å². The predicted octanol–water partition coefficient (Wildman–Crippen LogP) is 6.26. The van der Waals surface area contributed by atoms with Crippen molar-refractivity contribution in [3.05, 3.63) is 29.3 Å². The number of carbonyl (C=O) groups excluding carboxylic acids is 1. The number of hydrogen-bond acceptors (Lipinski definition) is 3. The van der Waals surface area contributed by atoms with Crippen LogP contribution in [0.1, 0.15) is 77.3 Å². The molecular weight excluding hydrogens is 364 g/mol. The van der Waals surface area contributed by atoms with Crippen molar-refractivity contribution in [1.29, 1.82) is 0 Å². The van der Waals surface area contributed by atoms with E-state index >= 15 is 0 Å². The maximum atomic E-state index is 11.3. The Hall–Kier alpha value is -1.13. The second kappa shape index (κ2) is 7.95. The standard InChI is InChI=1S/C24H38O3Si/c1-8-18-20(27-28(6,7)24(3,4)5)15-21-22(18)19-14-10-13-17(23(19)26-21)12-9-11-16(2)25/h10,13-14,18,20-22H,8-9,11-12,15H2,1-7H3/t18-,20?,21-,22-/m0/s1. The fourth-order valence-corrected chi connectivity index (χ4v) is 6.09. The van der Waals surface area contributed by atoms with E-state index in [2.05, 4.69) is 59.0 Å². The average Bonchev–Trinajstić information content (AvgIpc) is 3.09. The molecule has 0 bridgehead atoms. The smallest absolute Gasteiger partial charge is 0.192 e. The Morgan fingerprint density at radius 3 is 2.61 bits per heavy atom. The first-order valence-corrected chi connectivity index (χ1v) is 13.9. The molecule has 0 aromatic heterocycles. The van der Waals surface area contributed by atoms with Gasteiger partial charge in [-0.1, -0.05) is 52.3 Å². The SMILES string of the molecule is CC[C@H]1C(O[Si](C)(C)C(C)(C)C)C[C@@H]2Oc3c(CCCC(C)=O)cccc3[C@@H]21. The van der Waals surface area contributed by atoms with Gasteiger partial charge in [-0.2, -0.15) is 0 Å². The van der Waals surface area contributed by atoms with Gasteiger partial charge in [0.15, 0.2) is 8.32 Å². The van der Waals surface area contributed by atoms with Crippen LogP contribution in [-0.4, -0.2) is 26.3 Å². The minimum absolute atomic E-state index is 0.228. The highest BCUT2D eigenvalue weighted by Crippen LogP contribution is 2.54. The number of benzene rings is 1. The van der Waals surface area contributed by atoms with Crippen LogP contribution in [-0.2, 0) is 15.6 Å². The quantitative estimate of drug-likeness (QED) is 0.505. The van der Waals surface area contributed by atoms with Gasteiger partial charge >= 0.3 is 0 Å². The zero-order valence-corrected chi connectivity index (χ0v) is 19.8. The Labute approximate surface area is 172 Å². The van der Waals surface area contributed by atoms with Crippen molar-refractivity contribution in [3.8, 4) is 5.75 Å². The highest BCUT2D eigenvalue weighted by molar-refractivity contribution is 6.74. The summed E-state index contributed by atoms with van der Waals surface area (Å²) in [5.41, 5.74) is 2.64. The summed E-state index contributed by atoms with van der Waals surface area (Å²) in [6.07, 6.45) is 5.13. The maximum absolute atomic E-state index is 11.3. The molecule has 1 unspecified atom stereocenters. The zero-order valence-electron chi connectivity index (χ0n) is 18.8. The molecule has 1 heterocycles. The summed E-state index contributed by atoms with van der Waals surface area (Å²) in [6, 6.07) is 6.60. The van der Waals surface area contributed by atoms with E-state index in [-0.39, 0.29) is 16.9 Å². The first-order chi connectivity index (χ1) is 13.0. The fourth-order valence-electron chi connectivity index (χ4n) is 4.70. The third-order valence-electron chi connectivity index (χ3n) is 7.26. The van der Waals surface area contributed by atoms with Crippen LogP contribution in [0.25, 0.3) is 0 Å². The Bertz CT molecular complexity index is 719. The van der Waals surface area contributed by atoms with Gasteiger partial charge in [-0.3, -0.25) is 0 Å². The van der Waals surface area contributed by atoms with Crippen molar-refractivity contribution in [2.24, 2.45) is 5.92 Å². The van der Waals surface area contributed by atoms with Crippen molar-refractivity contribution < 1.29 is 14.0 Å². The lowest BCUT2D eigenvalue weighted by Gasteiger charge is -2.40. The number of carbonyl (C=O) groups is 1. The number of Topliss-reactive ketones (excluding diaryl/α,β-unsaturated/α-hetero) is 1. The van der Waals surface area contributed by atoms with E-state index in [1.165, 1.54) is 11.1 Å². The van der Waals surface area contributed by atoms with Crippen molar-refractivity contribution in [3.63, 3.8) is 0 Å². The van der Waals surface area contributed by atoms with Crippen LogP contribution in [0.2, 0.25) is 18.1 Å². The molecule has 156 valence electrons. The van der Waals surface area contributed by atoms with Crippen LogP contribution < -0.4 is 4.74 Å². The van der Waals surface area contributed by atoms with Crippen LogP contribution in [0.4, 0.5) is 0 Å². The van der Waals surface area contributed by atoms with Gasteiger partial charge in [0.1, 0.15) is 17.6 Å². The largest absolute Gasteiger partial charge is 0.489 e. The summed E-state index contributed by atoms with van der Waals surface area (Å²) in [5, 5.41) is 0.228. The van der Waals surface area contributed by atoms with E-state index < -0.39 is 8.32 Å².